The molecule has 2 aromatic heterocycles. The van der Waals surface area contributed by atoms with E-state index in [0.29, 0.717) is 11.5 Å². The van der Waals surface area contributed by atoms with Crippen molar-refractivity contribution in [2.75, 3.05) is 24.3 Å². The first-order valence-electron chi connectivity index (χ1n) is 17.9. The molecular formula is C40H52N6O2. The van der Waals surface area contributed by atoms with Gasteiger partial charge in [-0.3, -0.25) is 9.59 Å². The molecule has 2 aromatic carbocycles. The van der Waals surface area contributed by atoms with Gasteiger partial charge in [0.1, 0.15) is 5.82 Å². The Balaban J connectivity index is 1.16. The van der Waals surface area contributed by atoms with Crippen molar-refractivity contribution in [3.05, 3.63) is 82.2 Å². The standard InChI is InChI=1S/C40H52N6O2/c1-7-25-11-10-13-30-33(24-41-36(25)30)32(23-35(47)26-15-17-27(18-16-26)40(2,3)4)38(48)42-28-19-21-29(22-20-28)43-39-44-34-14-9-8-12-31(34)37(45-39)46(5)6/h10-11,13,15-18,24,28-29,32,41H,7-9,12,14,19-23H2,1-6H3,(H,42,48)(H,43,44,45). The summed E-state index contributed by atoms with van der Waals surface area (Å²) in [5.74, 6) is 1.04. The van der Waals surface area contributed by atoms with Gasteiger partial charge >= 0.3 is 0 Å². The van der Waals surface area contributed by atoms with Gasteiger partial charge in [-0.2, -0.15) is 4.98 Å². The van der Waals surface area contributed by atoms with Crippen LogP contribution in [0.5, 0.6) is 0 Å². The van der Waals surface area contributed by atoms with Crippen LogP contribution in [0.2, 0.25) is 0 Å². The third-order valence-corrected chi connectivity index (χ3v) is 10.4. The molecule has 1 atom stereocenters. The maximum Gasteiger partial charge on any atom is 0.228 e. The molecule has 3 N–H and O–H groups in total. The third-order valence-electron chi connectivity index (χ3n) is 10.4. The number of Topliss-reactive ketones (excluding diaryl/α,β-unsaturated/α-hetero) is 1. The number of hydrogen-bond acceptors (Lipinski definition) is 6. The van der Waals surface area contributed by atoms with Crippen molar-refractivity contribution in [1.82, 2.24) is 20.3 Å². The number of aromatic amines is 1. The molecule has 0 spiro atoms. The molecule has 1 amide bonds. The van der Waals surface area contributed by atoms with Crippen LogP contribution in [0.4, 0.5) is 11.8 Å². The van der Waals surface area contributed by atoms with E-state index in [4.69, 9.17) is 9.97 Å². The number of H-pyrrole nitrogens is 1. The van der Waals surface area contributed by atoms with Crippen molar-refractivity contribution < 1.29 is 9.59 Å². The lowest BCUT2D eigenvalue weighted by atomic mass is 9.85. The van der Waals surface area contributed by atoms with Crippen molar-refractivity contribution in [3.8, 4) is 0 Å². The summed E-state index contributed by atoms with van der Waals surface area (Å²) in [5.41, 5.74) is 7.42. The number of carbonyl (C=O) groups is 2. The number of hydrogen-bond donors (Lipinski definition) is 3. The predicted octanol–water partition coefficient (Wildman–Crippen LogP) is 7.66. The van der Waals surface area contributed by atoms with E-state index in [0.717, 1.165) is 67.2 Å². The number of benzene rings is 2. The lowest BCUT2D eigenvalue weighted by molar-refractivity contribution is -0.123. The summed E-state index contributed by atoms with van der Waals surface area (Å²) in [5, 5.41) is 8.00. The number of amides is 1. The molecular weight excluding hydrogens is 596 g/mol. The second-order valence-corrected chi connectivity index (χ2v) is 15.0. The number of nitrogens with zero attached hydrogens (tertiary/aromatic N) is 3. The van der Waals surface area contributed by atoms with Gasteiger partial charge in [0.2, 0.25) is 11.9 Å². The number of rotatable bonds is 10. The maximum atomic E-state index is 14.2. The zero-order valence-electron chi connectivity index (χ0n) is 29.6. The second-order valence-electron chi connectivity index (χ2n) is 15.0. The molecule has 8 heteroatoms. The normalized spacial score (nSPS) is 18.6. The molecule has 1 saturated carbocycles. The molecule has 48 heavy (non-hydrogen) atoms. The minimum absolute atomic E-state index is 0.00225. The van der Waals surface area contributed by atoms with Crippen molar-refractivity contribution in [3.63, 3.8) is 0 Å². The van der Waals surface area contributed by atoms with Gasteiger partial charge in [-0.1, -0.05) is 70.2 Å². The van der Waals surface area contributed by atoms with Gasteiger partial charge in [-0.25, -0.2) is 4.98 Å². The van der Waals surface area contributed by atoms with E-state index in [-0.39, 0.29) is 35.6 Å². The fraction of sp³-hybridized carbons (Fsp3) is 0.500. The van der Waals surface area contributed by atoms with Crippen LogP contribution in [-0.4, -0.2) is 52.8 Å². The number of fused-ring (bicyclic) bond motifs is 2. The first kappa shape index (κ1) is 33.7. The van der Waals surface area contributed by atoms with Gasteiger partial charge in [0.15, 0.2) is 5.78 Å². The fourth-order valence-electron chi connectivity index (χ4n) is 7.50. The Morgan fingerprint density at radius 2 is 1.67 bits per heavy atom. The molecule has 1 fully saturated rings. The highest BCUT2D eigenvalue weighted by Gasteiger charge is 2.31. The van der Waals surface area contributed by atoms with Gasteiger partial charge < -0.3 is 20.5 Å². The number of nitrogens with one attached hydrogen (secondary N) is 3. The van der Waals surface area contributed by atoms with Gasteiger partial charge in [0, 0.05) is 60.8 Å². The highest BCUT2D eigenvalue weighted by Crippen LogP contribution is 2.33. The van der Waals surface area contributed by atoms with Crippen LogP contribution in [0.15, 0.2) is 48.7 Å². The quantitative estimate of drug-likeness (QED) is 0.153. The molecule has 6 rings (SSSR count). The Kier molecular flexibility index (Phi) is 9.90. The predicted molar refractivity (Wildman–Crippen MR) is 195 cm³/mol. The van der Waals surface area contributed by atoms with Crippen LogP contribution in [0, 0.1) is 0 Å². The van der Waals surface area contributed by atoms with E-state index in [1.807, 2.05) is 36.5 Å². The summed E-state index contributed by atoms with van der Waals surface area (Å²) in [6.45, 7) is 8.63. The third kappa shape index (κ3) is 7.27. The first-order chi connectivity index (χ1) is 23.0. The lowest BCUT2D eigenvalue weighted by Crippen LogP contribution is -2.42. The Morgan fingerprint density at radius 3 is 2.35 bits per heavy atom. The molecule has 0 aliphatic heterocycles. The molecule has 0 saturated heterocycles. The topological polar surface area (TPSA) is 103 Å². The van der Waals surface area contributed by atoms with Crippen LogP contribution in [0.3, 0.4) is 0 Å². The Hall–Kier alpha value is -4.20. The molecule has 4 aromatic rings. The maximum absolute atomic E-state index is 14.2. The Bertz CT molecular complexity index is 1760. The molecule has 1 unspecified atom stereocenters. The summed E-state index contributed by atoms with van der Waals surface area (Å²) >= 11 is 0. The summed E-state index contributed by atoms with van der Waals surface area (Å²) in [4.78, 5) is 43.2. The average molecular weight is 649 g/mol. The highest BCUT2D eigenvalue weighted by molar-refractivity contribution is 6.02. The van der Waals surface area contributed by atoms with Gasteiger partial charge in [0.25, 0.3) is 0 Å². The number of aryl methyl sites for hydroxylation is 2. The summed E-state index contributed by atoms with van der Waals surface area (Å²) in [6.07, 6.45) is 10.9. The molecule has 0 bridgehead atoms. The molecule has 0 radical (unpaired) electrons. The van der Waals surface area contributed by atoms with Crippen molar-refractivity contribution in [1.29, 1.82) is 0 Å². The minimum Gasteiger partial charge on any atom is -0.362 e. The van der Waals surface area contributed by atoms with Gasteiger partial charge in [-0.05, 0) is 79.9 Å². The number of ketones is 1. The SMILES string of the molecule is CCc1cccc2c(C(CC(=O)c3ccc(C(C)(C)C)cc3)C(=O)NC3CCC(Nc4nc5c(c(N(C)C)n4)CCCC5)CC3)c[nH]c12. The molecule has 2 heterocycles. The van der Waals surface area contributed by atoms with E-state index >= 15 is 0 Å². The molecule has 2 aliphatic carbocycles. The summed E-state index contributed by atoms with van der Waals surface area (Å²) < 4.78 is 0. The number of anilines is 2. The number of carbonyl (C=O) groups excluding carboxylic acids is 2. The monoisotopic (exact) mass is 648 g/mol. The number of aromatic nitrogens is 3. The van der Waals surface area contributed by atoms with Crippen molar-refractivity contribution in [2.45, 2.75) is 115 Å². The second kappa shape index (κ2) is 14.1. The van der Waals surface area contributed by atoms with E-state index in [1.54, 1.807) is 0 Å². The summed E-state index contributed by atoms with van der Waals surface area (Å²) in [7, 11) is 4.11. The van der Waals surface area contributed by atoms with Crippen LogP contribution in [0.1, 0.15) is 117 Å². The highest BCUT2D eigenvalue weighted by atomic mass is 16.2. The zero-order chi connectivity index (χ0) is 34.0. The number of para-hydroxylation sites is 1. The fourth-order valence-corrected chi connectivity index (χ4v) is 7.50. The summed E-state index contributed by atoms with van der Waals surface area (Å²) in [6, 6.07) is 14.4. The zero-order valence-corrected chi connectivity index (χ0v) is 29.6. The van der Waals surface area contributed by atoms with E-state index < -0.39 is 5.92 Å². The Morgan fingerprint density at radius 1 is 0.958 bits per heavy atom. The Labute approximate surface area is 285 Å². The van der Waals surface area contributed by atoms with E-state index in [9.17, 15) is 9.59 Å². The van der Waals surface area contributed by atoms with Crippen molar-refractivity contribution in [2.24, 2.45) is 0 Å². The van der Waals surface area contributed by atoms with Crippen LogP contribution < -0.4 is 15.5 Å². The minimum atomic E-state index is -0.593. The first-order valence-corrected chi connectivity index (χ1v) is 17.9. The molecule has 8 nitrogen and oxygen atoms in total. The van der Waals surface area contributed by atoms with Crippen LogP contribution >= 0.6 is 0 Å². The van der Waals surface area contributed by atoms with E-state index in [2.05, 4.69) is 74.4 Å². The van der Waals surface area contributed by atoms with Crippen LogP contribution in [-0.2, 0) is 29.5 Å². The van der Waals surface area contributed by atoms with Crippen LogP contribution in [0.25, 0.3) is 10.9 Å². The largest absolute Gasteiger partial charge is 0.362 e. The van der Waals surface area contributed by atoms with Gasteiger partial charge in [-0.15, -0.1) is 0 Å². The molecule has 2 aliphatic rings. The molecule has 254 valence electrons. The van der Waals surface area contributed by atoms with Gasteiger partial charge in [0.05, 0.1) is 11.6 Å². The van der Waals surface area contributed by atoms with E-state index in [1.165, 1.54) is 35.2 Å². The average Bonchev–Trinajstić information content (AvgIpc) is 3.51. The lowest BCUT2D eigenvalue weighted by Gasteiger charge is -2.31. The smallest absolute Gasteiger partial charge is 0.228 e. The van der Waals surface area contributed by atoms with Crippen molar-refractivity contribution >= 4 is 34.4 Å².